The molecule has 19 heavy (non-hydrogen) atoms. The van der Waals surface area contributed by atoms with Crippen LogP contribution in [0.2, 0.25) is 0 Å². The molecule has 1 unspecified atom stereocenters. The van der Waals surface area contributed by atoms with Crippen LogP contribution in [-0.2, 0) is 21.4 Å². The van der Waals surface area contributed by atoms with Crippen LogP contribution in [0.15, 0.2) is 18.3 Å². The number of nitrogens with zero attached hydrogens (tertiary/aromatic N) is 3. The number of hydrogen-bond donors (Lipinski definition) is 1. The molecule has 1 atom stereocenters. The lowest BCUT2D eigenvalue weighted by Crippen LogP contribution is -2.52. The molecule has 102 valence electrons. The molecule has 1 aliphatic rings. The Morgan fingerprint density at radius 1 is 1.58 bits per heavy atom. The van der Waals surface area contributed by atoms with Crippen LogP contribution in [0.25, 0.3) is 6.08 Å². The van der Waals surface area contributed by atoms with Gasteiger partial charge in [-0.2, -0.15) is 5.10 Å². The van der Waals surface area contributed by atoms with Gasteiger partial charge in [-0.15, -0.1) is 0 Å². The Labute approximate surface area is 110 Å². The standard InChI is InChI=1S/C12H15N3O4/c1-14-9(4-5-13-14)2-3-11(16)15-6-7-19-8-10(15)12(17)18/h2-5,10H,6-8H2,1H3,(H,17,18). The Morgan fingerprint density at radius 3 is 3.00 bits per heavy atom. The summed E-state index contributed by atoms with van der Waals surface area (Å²) in [4.78, 5) is 24.4. The fourth-order valence-corrected chi connectivity index (χ4v) is 1.87. The van der Waals surface area contributed by atoms with E-state index in [4.69, 9.17) is 9.84 Å². The van der Waals surface area contributed by atoms with E-state index in [1.54, 1.807) is 30.1 Å². The van der Waals surface area contributed by atoms with Gasteiger partial charge in [0.1, 0.15) is 0 Å². The number of carboxylic acids is 1. The Hall–Kier alpha value is -2.15. The van der Waals surface area contributed by atoms with E-state index < -0.39 is 12.0 Å². The first kappa shape index (κ1) is 13.3. The zero-order valence-electron chi connectivity index (χ0n) is 10.5. The lowest BCUT2D eigenvalue weighted by molar-refractivity contribution is -0.156. The SMILES string of the molecule is Cn1nccc1C=CC(=O)N1CCOCC1C(=O)O. The van der Waals surface area contributed by atoms with Crippen molar-refractivity contribution in [1.29, 1.82) is 0 Å². The first-order valence-corrected chi connectivity index (χ1v) is 5.87. The van der Waals surface area contributed by atoms with Crippen molar-refractivity contribution in [3.05, 3.63) is 24.0 Å². The average Bonchev–Trinajstić information content (AvgIpc) is 2.81. The van der Waals surface area contributed by atoms with Crippen LogP contribution >= 0.6 is 0 Å². The molecule has 0 aromatic carbocycles. The number of rotatable bonds is 3. The summed E-state index contributed by atoms with van der Waals surface area (Å²) >= 11 is 0. The number of morpholine rings is 1. The van der Waals surface area contributed by atoms with Crippen LogP contribution in [-0.4, -0.2) is 57.5 Å². The number of ether oxygens (including phenoxy) is 1. The number of amides is 1. The predicted molar refractivity (Wildman–Crippen MR) is 66.2 cm³/mol. The third-order valence-corrected chi connectivity index (χ3v) is 2.95. The molecule has 0 aliphatic carbocycles. The maximum absolute atomic E-state index is 12.0. The van der Waals surface area contributed by atoms with E-state index in [2.05, 4.69) is 5.10 Å². The second kappa shape index (κ2) is 5.66. The lowest BCUT2D eigenvalue weighted by Gasteiger charge is -2.31. The monoisotopic (exact) mass is 265 g/mol. The molecule has 1 aromatic rings. The van der Waals surface area contributed by atoms with Gasteiger partial charge < -0.3 is 14.7 Å². The fourth-order valence-electron chi connectivity index (χ4n) is 1.87. The molecule has 7 nitrogen and oxygen atoms in total. The number of carbonyl (C=O) groups is 2. The maximum atomic E-state index is 12.0. The molecule has 1 N–H and O–H groups in total. The van der Waals surface area contributed by atoms with E-state index in [0.717, 1.165) is 5.69 Å². The second-order valence-corrected chi connectivity index (χ2v) is 4.17. The second-order valence-electron chi connectivity index (χ2n) is 4.17. The molecule has 2 heterocycles. The highest BCUT2D eigenvalue weighted by atomic mass is 16.5. The van der Waals surface area contributed by atoms with E-state index in [-0.39, 0.29) is 19.1 Å². The van der Waals surface area contributed by atoms with Gasteiger partial charge in [0.05, 0.1) is 18.9 Å². The van der Waals surface area contributed by atoms with Crippen molar-refractivity contribution in [1.82, 2.24) is 14.7 Å². The summed E-state index contributed by atoms with van der Waals surface area (Å²) in [6, 6.07) is 0.843. The smallest absolute Gasteiger partial charge is 0.328 e. The highest BCUT2D eigenvalue weighted by Gasteiger charge is 2.31. The van der Waals surface area contributed by atoms with Crippen LogP contribution in [0.3, 0.4) is 0 Å². The van der Waals surface area contributed by atoms with E-state index in [1.807, 2.05) is 0 Å². The van der Waals surface area contributed by atoms with Crippen LogP contribution < -0.4 is 0 Å². The zero-order valence-corrected chi connectivity index (χ0v) is 10.5. The quantitative estimate of drug-likeness (QED) is 0.761. The van der Waals surface area contributed by atoms with Crippen molar-refractivity contribution in [2.24, 2.45) is 7.05 Å². The zero-order chi connectivity index (χ0) is 13.8. The summed E-state index contributed by atoms with van der Waals surface area (Å²) in [5.41, 5.74) is 0.772. The molecule has 2 rings (SSSR count). The number of aryl methyl sites for hydroxylation is 1. The van der Waals surface area contributed by atoms with Crippen LogP contribution in [0.5, 0.6) is 0 Å². The molecule has 0 saturated carbocycles. The van der Waals surface area contributed by atoms with Crippen LogP contribution in [0.1, 0.15) is 5.69 Å². The number of aliphatic carboxylic acids is 1. The Morgan fingerprint density at radius 2 is 2.37 bits per heavy atom. The average molecular weight is 265 g/mol. The number of hydrogen-bond acceptors (Lipinski definition) is 4. The molecule has 7 heteroatoms. The Balaban J connectivity index is 2.08. The summed E-state index contributed by atoms with van der Waals surface area (Å²) in [7, 11) is 1.76. The van der Waals surface area contributed by atoms with Gasteiger partial charge in [-0.25, -0.2) is 4.79 Å². The molecule has 1 fully saturated rings. The van der Waals surface area contributed by atoms with Gasteiger partial charge in [0.15, 0.2) is 6.04 Å². The maximum Gasteiger partial charge on any atom is 0.328 e. The summed E-state index contributed by atoms with van der Waals surface area (Å²) < 4.78 is 6.70. The van der Waals surface area contributed by atoms with Gasteiger partial charge in [0.25, 0.3) is 0 Å². The Bertz CT molecular complexity index is 509. The first-order chi connectivity index (χ1) is 9.09. The van der Waals surface area contributed by atoms with Crippen molar-refractivity contribution in [2.45, 2.75) is 6.04 Å². The Kier molecular flexibility index (Phi) is 3.96. The third kappa shape index (κ3) is 3.00. The molecule has 1 amide bonds. The minimum Gasteiger partial charge on any atom is -0.480 e. The van der Waals surface area contributed by atoms with E-state index in [9.17, 15) is 9.59 Å². The summed E-state index contributed by atoms with van der Waals surface area (Å²) in [5, 5.41) is 13.0. The topological polar surface area (TPSA) is 84.7 Å². The molecule has 1 saturated heterocycles. The van der Waals surface area contributed by atoms with Crippen molar-refractivity contribution >= 4 is 18.0 Å². The molecular weight excluding hydrogens is 250 g/mol. The molecule has 0 spiro atoms. The minimum absolute atomic E-state index is 0.0284. The fraction of sp³-hybridized carbons (Fsp3) is 0.417. The van der Waals surface area contributed by atoms with Gasteiger partial charge in [0, 0.05) is 25.9 Å². The summed E-state index contributed by atoms with van der Waals surface area (Å²) in [5.74, 6) is -1.39. The molecule has 0 bridgehead atoms. The van der Waals surface area contributed by atoms with Gasteiger partial charge in [-0.1, -0.05) is 0 Å². The molecule has 1 aromatic heterocycles. The first-order valence-electron chi connectivity index (χ1n) is 5.87. The van der Waals surface area contributed by atoms with Crippen molar-refractivity contribution in [3.63, 3.8) is 0 Å². The lowest BCUT2D eigenvalue weighted by atomic mass is 10.2. The molecular formula is C12H15N3O4. The van der Waals surface area contributed by atoms with E-state index in [1.165, 1.54) is 11.0 Å². The van der Waals surface area contributed by atoms with Gasteiger partial charge in [-0.05, 0) is 12.1 Å². The van der Waals surface area contributed by atoms with Crippen molar-refractivity contribution in [3.8, 4) is 0 Å². The van der Waals surface area contributed by atoms with Gasteiger partial charge in [-0.3, -0.25) is 9.48 Å². The molecule has 0 radical (unpaired) electrons. The van der Waals surface area contributed by atoms with Crippen molar-refractivity contribution < 1.29 is 19.4 Å². The van der Waals surface area contributed by atoms with Gasteiger partial charge in [0.2, 0.25) is 5.91 Å². The van der Waals surface area contributed by atoms with Crippen LogP contribution in [0, 0.1) is 0 Å². The minimum atomic E-state index is -1.05. The number of carboxylic acid groups (broad SMARTS) is 1. The van der Waals surface area contributed by atoms with Gasteiger partial charge >= 0.3 is 5.97 Å². The highest BCUT2D eigenvalue weighted by molar-refractivity contribution is 5.94. The van der Waals surface area contributed by atoms with Crippen LogP contribution in [0.4, 0.5) is 0 Å². The molecule has 1 aliphatic heterocycles. The van der Waals surface area contributed by atoms with E-state index >= 15 is 0 Å². The normalized spacial score (nSPS) is 19.8. The number of aromatic nitrogens is 2. The highest BCUT2D eigenvalue weighted by Crippen LogP contribution is 2.09. The van der Waals surface area contributed by atoms with Crippen molar-refractivity contribution in [2.75, 3.05) is 19.8 Å². The number of carbonyl (C=O) groups excluding carboxylic acids is 1. The van der Waals surface area contributed by atoms with E-state index in [0.29, 0.717) is 6.61 Å². The third-order valence-electron chi connectivity index (χ3n) is 2.95. The summed E-state index contributed by atoms with van der Waals surface area (Å²) in [6.07, 6.45) is 4.60. The predicted octanol–water partition coefficient (Wildman–Crippen LogP) is -0.255. The summed E-state index contributed by atoms with van der Waals surface area (Å²) in [6.45, 7) is 0.668. The largest absolute Gasteiger partial charge is 0.480 e.